The van der Waals surface area contributed by atoms with Gasteiger partial charge in [0.1, 0.15) is 5.75 Å². The van der Waals surface area contributed by atoms with Crippen molar-refractivity contribution in [3.8, 4) is 5.75 Å². The summed E-state index contributed by atoms with van der Waals surface area (Å²) in [4.78, 5) is 22.5. The molecule has 0 saturated heterocycles. The number of nitrogens with two attached hydrogens (primary N) is 1. The first-order valence-corrected chi connectivity index (χ1v) is 5.95. The van der Waals surface area contributed by atoms with Crippen LogP contribution in [0.5, 0.6) is 5.75 Å². The molecule has 20 heavy (non-hydrogen) atoms. The number of carbonyl (C=O) groups is 2. The lowest BCUT2D eigenvalue weighted by atomic mass is 10.2. The molecule has 1 aromatic rings. The molecule has 6 nitrogen and oxygen atoms in total. The van der Waals surface area contributed by atoms with Gasteiger partial charge in [-0.3, -0.25) is 4.79 Å². The molecule has 0 unspecified atom stereocenters. The number of rotatable bonds is 7. The lowest BCUT2D eigenvalue weighted by Crippen LogP contribution is -2.14. The van der Waals surface area contributed by atoms with Crippen molar-refractivity contribution in [2.75, 3.05) is 25.6 Å². The normalized spacial score (nSPS) is 9.30. The number of anilines is 1. The zero-order valence-corrected chi connectivity index (χ0v) is 12.1. The highest BCUT2D eigenvalue weighted by Gasteiger charge is 2.05. The van der Waals surface area contributed by atoms with Crippen molar-refractivity contribution in [2.24, 2.45) is 5.73 Å². The lowest BCUT2D eigenvalue weighted by molar-refractivity contribution is -0.142. The Hall–Kier alpha value is -1.79. The second kappa shape index (κ2) is 10.1. The van der Waals surface area contributed by atoms with Gasteiger partial charge in [0.2, 0.25) is 5.91 Å². The van der Waals surface area contributed by atoms with Gasteiger partial charge in [0.05, 0.1) is 7.11 Å². The molecule has 1 amide bonds. The predicted octanol–water partition coefficient (Wildman–Crippen LogP) is 1.34. The summed E-state index contributed by atoms with van der Waals surface area (Å²) in [5.74, 6) is -0.0741. The van der Waals surface area contributed by atoms with Gasteiger partial charge in [-0.05, 0) is 25.1 Å². The molecule has 0 aliphatic heterocycles. The van der Waals surface area contributed by atoms with Crippen molar-refractivity contribution >= 4 is 30.0 Å². The maximum Gasteiger partial charge on any atom is 0.343 e. The number of ether oxygens (including phenoxy) is 2. The summed E-state index contributed by atoms with van der Waals surface area (Å²) >= 11 is 0. The van der Waals surface area contributed by atoms with E-state index in [4.69, 9.17) is 10.5 Å². The minimum absolute atomic E-state index is 0. The fourth-order valence-corrected chi connectivity index (χ4v) is 1.35. The Kier molecular flexibility index (Phi) is 9.15. The van der Waals surface area contributed by atoms with Gasteiger partial charge in [-0.15, -0.1) is 12.4 Å². The van der Waals surface area contributed by atoms with Crippen molar-refractivity contribution in [2.45, 2.75) is 12.8 Å². The summed E-state index contributed by atoms with van der Waals surface area (Å²) in [5, 5.41) is 2.73. The van der Waals surface area contributed by atoms with Crippen LogP contribution in [-0.4, -0.2) is 32.1 Å². The highest BCUT2D eigenvalue weighted by Crippen LogP contribution is 2.17. The lowest BCUT2D eigenvalue weighted by Gasteiger charge is -2.08. The van der Waals surface area contributed by atoms with Crippen LogP contribution in [-0.2, 0) is 14.3 Å². The van der Waals surface area contributed by atoms with Crippen LogP contribution in [0.4, 0.5) is 5.69 Å². The van der Waals surface area contributed by atoms with Crippen LogP contribution in [0.2, 0.25) is 0 Å². The number of hydrogen-bond acceptors (Lipinski definition) is 5. The molecule has 7 heteroatoms. The molecule has 0 bridgehead atoms. The number of esters is 1. The second-order valence-corrected chi connectivity index (χ2v) is 3.83. The van der Waals surface area contributed by atoms with Gasteiger partial charge in [-0.2, -0.15) is 0 Å². The third-order valence-electron chi connectivity index (χ3n) is 2.31. The molecule has 0 spiro atoms. The fourth-order valence-electron chi connectivity index (χ4n) is 1.35. The van der Waals surface area contributed by atoms with Crippen LogP contribution >= 0.6 is 12.4 Å². The number of hydrogen-bond donors (Lipinski definition) is 2. The van der Waals surface area contributed by atoms with Gasteiger partial charge in [-0.25, -0.2) is 4.79 Å². The topological polar surface area (TPSA) is 90.6 Å². The average molecular weight is 303 g/mol. The van der Waals surface area contributed by atoms with Crippen molar-refractivity contribution in [1.82, 2.24) is 0 Å². The average Bonchev–Trinajstić information content (AvgIpc) is 2.43. The first-order valence-electron chi connectivity index (χ1n) is 5.95. The summed E-state index contributed by atoms with van der Waals surface area (Å²) in [6, 6.07) is 6.80. The highest BCUT2D eigenvalue weighted by atomic mass is 35.5. The second-order valence-electron chi connectivity index (χ2n) is 3.83. The van der Waals surface area contributed by atoms with Gasteiger partial charge in [0.15, 0.2) is 6.61 Å². The zero-order chi connectivity index (χ0) is 14.1. The quantitative estimate of drug-likeness (QED) is 0.742. The number of halogens is 1. The van der Waals surface area contributed by atoms with Crippen LogP contribution in [0.3, 0.4) is 0 Å². The van der Waals surface area contributed by atoms with Crippen molar-refractivity contribution < 1.29 is 19.1 Å². The predicted molar refractivity (Wildman–Crippen MR) is 78.1 cm³/mol. The van der Waals surface area contributed by atoms with E-state index in [0.29, 0.717) is 30.8 Å². The SMILES string of the molecule is COC(=O)COc1cccc(NC(=O)CCCN)c1.Cl. The Morgan fingerprint density at radius 3 is 2.75 bits per heavy atom. The third-order valence-corrected chi connectivity index (χ3v) is 2.31. The first kappa shape index (κ1) is 18.2. The van der Waals surface area contributed by atoms with Crippen LogP contribution < -0.4 is 15.8 Å². The molecule has 0 atom stereocenters. The molecule has 1 aromatic carbocycles. The van der Waals surface area contributed by atoms with Gasteiger partial charge >= 0.3 is 5.97 Å². The van der Waals surface area contributed by atoms with Gasteiger partial charge in [0, 0.05) is 18.2 Å². The molecule has 0 heterocycles. The molecule has 112 valence electrons. The molecular weight excluding hydrogens is 284 g/mol. The molecule has 1 rings (SSSR count). The maximum absolute atomic E-state index is 11.5. The molecule has 0 saturated carbocycles. The molecule has 0 radical (unpaired) electrons. The Bertz CT molecular complexity index is 440. The molecule has 0 aromatic heterocycles. The number of nitrogens with one attached hydrogen (secondary N) is 1. The Morgan fingerprint density at radius 1 is 1.35 bits per heavy atom. The molecule has 0 aliphatic carbocycles. The number of carbonyl (C=O) groups excluding carboxylic acids is 2. The fraction of sp³-hybridized carbons (Fsp3) is 0.385. The van der Waals surface area contributed by atoms with Gasteiger partial charge < -0.3 is 20.5 Å². The maximum atomic E-state index is 11.5. The van der Waals surface area contributed by atoms with E-state index >= 15 is 0 Å². The van der Waals surface area contributed by atoms with Crippen LogP contribution in [0, 0.1) is 0 Å². The summed E-state index contributed by atoms with van der Waals surface area (Å²) in [6.07, 6.45) is 1.02. The third kappa shape index (κ3) is 6.96. The monoisotopic (exact) mass is 302 g/mol. The summed E-state index contributed by atoms with van der Waals surface area (Å²) < 4.78 is 9.68. The summed E-state index contributed by atoms with van der Waals surface area (Å²) in [7, 11) is 1.29. The van der Waals surface area contributed by atoms with Crippen molar-refractivity contribution in [1.29, 1.82) is 0 Å². The molecular formula is C13H19ClN2O4. The summed E-state index contributed by atoms with van der Waals surface area (Å²) in [5.41, 5.74) is 5.95. The highest BCUT2D eigenvalue weighted by molar-refractivity contribution is 5.90. The van der Waals surface area contributed by atoms with E-state index < -0.39 is 5.97 Å². The number of benzene rings is 1. The molecule has 3 N–H and O–H groups in total. The Labute approximate surface area is 124 Å². The van der Waals surface area contributed by atoms with E-state index in [1.54, 1.807) is 24.3 Å². The van der Waals surface area contributed by atoms with Crippen molar-refractivity contribution in [3.63, 3.8) is 0 Å². The van der Waals surface area contributed by atoms with Crippen molar-refractivity contribution in [3.05, 3.63) is 24.3 Å². The largest absolute Gasteiger partial charge is 0.482 e. The van der Waals surface area contributed by atoms with Gasteiger partial charge in [-0.1, -0.05) is 6.07 Å². The summed E-state index contributed by atoms with van der Waals surface area (Å²) in [6.45, 7) is 0.316. The standard InChI is InChI=1S/C13H18N2O4.ClH/c1-18-13(17)9-19-11-5-2-4-10(8-11)15-12(16)6-3-7-14;/h2,4-5,8H,3,6-7,9,14H2,1H3,(H,15,16);1H. The zero-order valence-electron chi connectivity index (χ0n) is 11.3. The smallest absolute Gasteiger partial charge is 0.343 e. The number of amides is 1. The molecule has 0 fully saturated rings. The van der Waals surface area contributed by atoms with Crippen LogP contribution in [0.15, 0.2) is 24.3 Å². The minimum Gasteiger partial charge on any atom is -0.482 e. The Morgan fingerprint density at radius 2 is 2.10 bits per heavy atom. The van der Waals surface area contributed by atoms with Crippen LogP contribution in [0.25, 0.3) is 0 Å². The van der Waals surface area contributed by atoms with Crippen LogP contribution in [0.1, 0.15) is 12.8 Å². The van der Waals surface area contributed by atoms with E-state index in [0.717, 1.165) is 0 Å². The number of methoxy groups -OCH3 is 1. The van der Waals surface area contributed by atoms with Gasteiger partial charge in [0.25, 0.3) is 0 Å². The first-order chi connectivity index (χ1) is 9.15. The van der Waals surface area contributed by atoms with E-state index in [2.05, 4.69) is 10.1 Å². The minimum atomic E-state index is -0.461. The van der Waals surface area contributed by atoms with E-state index in [1.807, 2.05) is 0 Å². The van der Waals surface area contributed by atoms with E-state index in [9.17, 15) is 9.59 Å². The van der Waals surface area contributed by atoms with E-state index in [-0.39, 0.29) is 24.9 Å². The molecule has 0 aliphatic rings. The Balaban J connectivity index is 0.00000361. The van der Waals surface area contributed by atoms with E-state index in [1.165, 1.54) is 7.11 Å².